The Hall–Kier alpha value is -3.42. The minimum atomic E-state index is -1.06. The van der Waals surface area contributed by atoms with E-state index < -0.39 is 12.0 Å². The van der Waals surface area contributed by atoms with Gasteiger partial charge in [0.25, 0.3) is 5.91 Å². The minimum absolute atomic E-state index is 0.0343. The number of nitrogens with one attached hydrogen (secondary N) is 2. The molecule has 1 unspecified atom stereocenters. The Morgan fingerprint density at radius 3 is 2.57 bits per heavy atom. The molecular formula is C20H25N5O3. The van der Waals surface area contributed by atoms with E-state index in [1.807, 2.05) is 45.0 Å². The maximum absolute atomic E-state index is 11.9. The molecule has 0 aliphatic heterocycles. The number of allylic oxidation sites excluding steroid dienone is 1. The summed E-state index contributed by atoms with van der Waals surface area (Å²) >= 11 is 0. The summed E-state index contributed by atoms with van der Waals surface area (Å²) in [5.74, 6) is -0.447. The Kier molecular flexibility index (Phi) is 6.70. The first-order valence-electron chi connectivity index (χ1n) is 8.93. The lowest BCUT2D eigenvalue weighted by Gasteiger charge is -2.16. The van der Waals surface area contributed by atoms with E-state index in [0.717, 1.165) is 11.1 Å². The number of anilines is 2. The SMILES string of the molecule is C=C(C)c1nc(Nc2cccc(C(C)CNC(=O)O)c2)c(C(N)=O)nc1CC. The third-order valence-electron chi connectivity index (χ3n) is 4.22. The molecule has 148 valence electrons. The first kappa shape index (κ1) is 20.9. The average Bonchev–Trinajstić information content (AvgIpc) is 2.65. The number of nitrogens with zero attached hydrogens (tertiary/aromatic N) is 2. The third-order valence-corrected chi connectivity index (χ3v) is 4.22. The zero-order valence-electron chi connectivity index (χ0n) is 16.2. The molecule has 1 aromatic heterocycles. The van der Waals surface area contributed by atoms with Gasteiger partial charge in [0.1, 0.15) is 0 Å². The van der Waals surface area contributed by atoms with Crippen molar-refractivity contribution in [1.82, 2.24) is 15.3 Å². The van der Waals surface area contributed by atoms with Crippen LogP contribution in [0.25, 0.3) is 5.57 Å². The molecule has 2 aromatic rings. The van der Waals surface area contributed by atoms with Gasteiger partial charge in [-0.25, -0.2) is 14.8 Å². The number of aromatic nitrogens is 2. The highest BCUT2D eigenvalue weighted by molar-refractivity contribution is 5.96. The second-order valence-corrected chi connectivity index (χ2v) is 6.55. The number of hydrogen-bond acceptors (Lipinski definition) is 5. The molecule has 0 saturated carbocycles. The van der Waals surface area contributed by atoms with E-state index >= 15 is 0 Å². The standard InChI is InChI=1S/C20H25N5O3/c1-5-15-16(11(2)3)25-19(17(24-15)18(21)26)23-14-8-6-7-13(9-14)12(4)10-22-20(27)28/h6-9,12,22H,2,5,10H2,1,3-4H3,(H2,21,26)(H,23,25)(H,27,28). The van der Waals surface area contributed by atoms with Crippen LogP contribution in [-0.2, 0) is 6.42 Å². The Morgan fingerprint density at radius 1 is 1.29 bits per heavy atom. The van der Waals surface area contributed by atoms with Gasteiger partial charge in [0.05, 0.1) is 11.4 Å². The zero-order chi connectivity index (χ0) is 20.8. The molecule has 0 aliphatic carbocycles. The number of rotatable bonds is 8. The first-order valence-corrected chi connectivity index (χ1v) is 8.93. The van der Waals surface area contributed by atoms with Gasteiger partial charge in [0.15, 0.2) is 11.5 Å². The summed E-state index contributed by atoms with van der Waals surface area (Å²) in [7, 11) is 0. The molecule has 1 aromatic carbocycles. The van der Waals surface area contributed by atoms with Gasteiger partial charge < -0.3 is 21.5 Å². The molecule has 0 saturated heterocycles. The maximum Gasteiger partial charge on any atom is 0.404 e. The topological polar surface area (TPSA) is 130 Å². The zero-order valence-corrected chi connectivity index (χ0v) is 16.2. The second-order valence-electron chi connectivity index (χ2n) is 6.55. The molecule has 0 radical (unpaired) electrons. The van der Waals surface area contributed by atoms with Crippen LogP contribution in [-0.4, -0.2) is 33.6 Å². The number of nitrogens with two attached hydrogens (primary N) is 1. The summed E-state index contributed by atoms with van der Waals surface area (Å²) in [6.07, 6.45) is -0.467. The number of primary amides is 1. The molecular weight excluding hydrogens is 358 g/mol. The predicted molar refractivity (Wildman–Crippen MR) is 109 cm³/mol. The smallest absolute Gasteiger partial charge is 0.404 e. The fraction of sp³-hybridized carbons (Fsp3) is 0.300. The van der Waals surface area contributed by atoms with Gasteiger partial charge in [-0.3, -0.25) is 4.79 Å². The van der Waals surface area contributed by atoms with Crippen LogP contribution in [0, 0.1) is 0 Å². The number of aryl methyl sites for hydroxylation is 1. The molecule has 0 fully saturated rings. The molecule has 1 atom stereocenters. The Morgan fingerprint density at radius 2 is 2.00 bits per heavy atom. The monoisotopic (exact) mass is 383 g/mol. The number of hydrogen-bond donors (Lipinski definition) is 4. The highest BCUT2D eigenvalue weighted by Crippen LogP contribution is 2.25. The van der Waals surface area contributed by atoms with Gasteiger partial charge in [-0.05, 0) is 42.5 Å². The summed E-state index contributed by atoms with van der Waals surface area (Å²) in [4.78, 5) is 31.5. The Bertz CT molecular complexity index is 911. The minimum Gasteiger partial charge on any atom is -0.465 e. The first-order chi connectivity index (χ1) is 13.2. The van der Waals surface area contributed by atoms with Crippen LogP contribution in [0.1, 0.15) is 54.1 Å². The van der Waals surface area contributed by atoms with Crippen molar-refractivity contribution in [3.05, 3.63) is 53.5 Å². The lowest BCUT2D eigenvalue weighted by atomic mass is 10.0. The van der Waals surface area contributed by atoms with E-state index in [4.69, 9.17) is 10.8 Å². The summed E-state index contributed by atoms with van der Waals surface area (Å²) in [5.41, 5.74) is 9.21. The van der Waals surface area contributed by atoms with Crippen LogP contribution in [0.5, 0.6) is 0 Å². The molecule has 8 heteroatoms. The number of carboxylic acid groups (broad SMARTS) is 1. The molecule has 0 spiro atoms. The average molecular weight is 383 g/mol. The number of amides is 2. The lowest BCUT2D eigenvalue weighted by molar-refractivity contribution is 0.0996. The van der Waals surface area contributed by atoms with E-state index in [1.54, 1.807) is 0 Å². The third kappa shape index (κ3) is 5.06. The van der Waals surface area contributed by atoms with Gasteiger partial charge in [0.2, 0.25) is 0 Å². The van der Waals surface area contributed by atoms with Gasteiger partial charge in [-0.15, -0.1) is 0 Å². The highest BCUT2D eigenvalue weighted by Gasteiger charge is 2.18. The summed E-state index contributed by atoms with van der Waals surface area (Å²) < 4.78 is 0. The number of carbonyl (C=O) groups excluding carboxylic acids is 1. The van der Waals surface area contributed by atoms with Crippen LogP contribution < -0.4 is 16.4 Å². The van der Waals surface area contributed by atoms with Crippen LogP contribution in [0.4, 0.5) is 16.3 Å². The molecule has 0 aliphatic rings. The van der Waals surface area contributed by atoms with Crippen LogP contribution in [0.2, 0.25) is 0 Å². The van der Waals surface area contributed by atoms with Gasteiger partial charge in [0, 0.05) is 12.2 Å². The summed E-state index contributed by atoms with van der Waals surface area (Å²) in [5, 5.41) is 14.2. The van der Waals surface area contributed by atoms with Crippen LogP contribution in [0.15, 0.2) is 30.8 Å². The van der Waals surface area contributed by atoms with Crippen molar-refractivity contribution in [2.24, 2.45) is 5.73 Å². The van der Waals surface area contributed by atoms with Gasteiger partial charge >= 0.3 is 6.09 Å². The molecule has 2 amide bonds. The van der Waals surface area contributed by atoms with E-state index in [-0.39, 0.29) is 24.0 Å². The normalized spacial score (nSPS) is 11.5. The van der Waals surface area contributed by atoms with Crippen molar-refractivity contribution in [2.75, 3.05) is 11.9 Å². The summed E-state index contributed by atoms with van der Waals surface area (Å²) in [6, 6.07) is 7.43. The number of carbonyl (C=O) groups is 2. The Labute approximate surface area is 163 Å². The maximum atomic E-state index is 11.9. The molecule has 1 heterocycles. The van der Waals surface area contributed by atoms with Crippen molar-refractivity contribution in [2.45, 2.75) is 33.1 Å². The van der Waals surface area contributed by atoms with Crippen molar-refractivity contribution in [3.8, 4) is 0 Å². The molecule has 5 N–H and O–H groups in total. The predicted octanol–water partition coefficient (Wildman–Crippen LogP) is 3.29. The fourth-order valence-electron chi connectivity index (χ4n) is 2.74. The molecule has 28 heavy (non-hydrogen) atoms. The van der Waals surface area contributed by atoms with Crippen molar-refractivity contribution < 1.29 is 14.7 Å². The van der Waals surface area contributed by atoms with Gasteiger partial charge in [-0.1, -0.05) is 32.6 Å². The van der Waals surface area contributed by atoms with Crippen molar-refractivity contribution >= 4 is 29.1 Å². The fourth-order valence-corrected chi connectivity index (χ4v) is 2.74. The summed E-state index contributed by atoms with van der Waals surface area (Å²) in [6.45, 7) is 9.88. The van der Waals surface area contributed by atoms with Gasteiger partial charge in [-0.2, -0.15) is 0 Å². The number of benzene rings is 1. The van der Waals surface area contributed by atoms with E-state index in [0.29, 0.717) is 23.5 Å². The van der Waals surface area contributed by atoms with Crippen LogP contribution in [0.3, 0.4) is 0 Å². The van der Waals surface area contributed by atoms with Crippen molar-refractivity contribution in [1.29, 1.82) is 0 Å². The highest BCUT2D eigenvalue weighted by atomic mass is 16.4. The largest absolute Gasteiger partial charge is 0.465 e. The molecule has 2 rings (SSSR count). The van der Waals surface area contributed by atoms with E-state index in [2.05, 4.69) is 27.2 Å². The molecule has 8 nitrogen and oxygen atoms in total. The lowest BCUT2D eigenvalue weighted by Crippen LogP contribution is -2.25. The van der Waals surface area contributed by atoms with E-state index in [9.17, 15) is 9.59 Å². The molecule has 0 bridgehead atoms. The van der Waals surface area contributed by atoms with Crippen molar-refractivity contribution in [3.63, 3.8) is 0 Å². The Balaban J connectivity index is 2.38. The second kappa shape index (κ2) is 8.98. The van der Waals surface area contributed by atoms with Crippen LogP contribution >= 0.6 is 0 Å². The van der Waals surface area contributed by atoms with E-state index in [1.165, 1.54) is 0 Å². The quantitative estimate of drug-likeness (QED) is 0.553.